The fourth-order valence-corrected chi connectivity index (χ4v) is 5.24. The van der Waals surface area contributed by atoms with E-state index in [9.17, 15) is 4.79 Å². The van der Waals surface area contributed by atoms with Crippen LogP contribution in [0.25, 0.3) is 27.2 Å². The quantitative estimate of drug-likeness (QED) is 0.239. The van der Waals surface area contributed by atoms with Crippen molar-refractivity contribution in [2.75, 3.05) is 11.1 Å². The predicted molar refractivity (Wildman–Crippen MR) is 135 cm³/mol. The van der Waals surface area contributed by atoms with Gasteiger partial charge in [-0.2, -0.15) is 5.10 Å². The number of anilines is 1. The molecule has 1 N–H and O–H groups in total. The summed E-state index contributed by atoms with van der Waals surface area (Å²) in [5.41, 5.74) is 2.67. The van der Waals surface area contributed by atoms with E-state index in [-0.39, 0.29) is 11.7 Å². The molecule has 5 rings (SSSR count). The highest BCUT2D eigenvalue weighted by molar-refractivity contribution is 8.00. The van der Waals surface area contributed by atoms with Crippen molar-refractivity contribution in [1.29, 1.82) is 0 Å². The lowest BCUT2D eigenvalue weighted by Gasteiger charge is -2.08. The monoisotopic (exact) mass is 471 g/mol. The highest BCUT2D eigenvalue weighted by Gasteiger charge is 2.15. The molecule has 0 spiro atoms. The maximum Gasteiger partial charge on any atom is 0.235 e. The van der Waals surface area contributed by atoms with Crippen LogP contribution in [0, 0.1) is 0 Å². The number of carbonyl (C=O) groups excluding carboxylic acids is 1. The Bertz CT molecular complexity index is 1400. The minimum Gasteiger partial charge on any atom is -0.310 e. The number of nitrogens with one attached hydrogen (secondary N) is 1. The molecule has 164 valence electrons. The number of aromatic nitrogens is 4. The van der Waals surface area contributed by atoms with Crippen LogP contribution in [0.3, 0.4) is 0 Å². The number of thioether (sulfide) groups is 1. The summed E-state index contributed by atoms with van der Waals surface area (Å²) in [7, 11) is 0. The standard InChI is InChI=1S/C25H21N5OS2/c1-2-19-13-20-24(26-16-27-25(20)33-19)32-15-23(31)28-22-14-21(17-9-5-3-6-10-17)29-30(22)18-11-7-4-8-12-18/h3-14,16H,2,15H2,1H3,(H,28,31). The van der Waals surface area contributed by atoms with Crippen LogP contribution < -0.4 is 5.32 Å². The Morgan fingerprint density at radius 1 is 1.03 bits per heavy atom. The molecule has 0 aliphatic heterocycles. The molecule has 0 saturated heterocycles. The first-order valence-electron chi connectivity index (χ1n) is 10.6. The predicted octanol–water partition coefficient (Wildman–Crippen LogP) is 5.84. The van der Waals surface area contributed by atoms with Gasteiger partial charge in [0, 0.05) is 21.9 Å². The van der Waals surface area contributed by atoms with Crippen molar-refractivity contribution < 1.29 is 4.79 Å². The van der Waals surface area contributed by atoms with E-state index in [1.807, 2.05) is 66.7 Å². The average molecular weight is 472 g/mol. The summed E-state index contributed by atoms with van der Waals surface area (Å²) in [6.45, 7) is 2.12. The number of rotatable bonds is 7. The van der Waals surface area contributed by atoms with E-state index in [0.29, 0.717) is 5.82 Å². The van der Waals surface area contributed by atoms with Gasteiger partial charge in [-0.15, -0.1) is 11.3 Å². The number of fused-ring (bicyclic) bond motifs is 1. The molecule has 0 unspecified atom stereocenters. The summed E-state index contributed by atoms with van der Waals surface area (Å²) in [6.07, 6.45) is 2.52. The lowest BCUT2D eigenvalue weighted by atomic mass is 10.2. The van der Waals surface area contributed by atoms with E-state index in [4.69, 9.17) is 5.10 Å². The van der Waals surface area contributed by atoms with E-state index in [0.717, 1.165) is 38.6 Å². The molecular formula is C25H21N5OS2. The number of para-hydroxylation sites is 1. The minimum absolute atomic E-state index is 0.116. The Labute approximate surface area is 199 Å². The second-order valence-electron chi connectivity index (χ2n) is 7.33. The molecule has 0 aliphatic carbocycles. The SMILES string of the molecule is CCc1cc2c(SCC(=O)Nc3cc(-c4ccccc4)nn3-c3ccccc3)ncnc2s1. The fourth-order valence-electron chi connectivity index (χ4n) is 3.47. The Hall–Kier alpha value is -3.49. The van der Waals surface area contributed by atoms with Gasteiger partial charge >= 0.3 is 0 Å². The molecule has 1 amide bonds. The molecule has 5 aromatic rings. The zero-order chi connectivity index (χ0) is 22.6. The third-order valence-electron chi connectivity index (χ3n) is 5.08. The molecule has 3 heterocycles. The second kappa shape index (κ2) is 9.56. The van der Waals surface area contributed by atoms with Gasteiger partial charge in [0.15, 0.2) is 0 Å². The summed E-state index contributed by atoms with van der Waals surface area (Å²) in [4.78, 5) is 23.9. The Morgan fingerprint density at radius 2 is 1.79 bits per heavy atom. The van der Waals surface area contributed by atoms with E-state index >= 15 is 0 Å². The molecular weight excluding hydrogens is 450 g/mol. The molecule has 3 aromatic heterocycles. The summed E-state index contributed by atoms with van der Waals surface area (Å²) in [5, 5.41) is 9.62. The lowest BCUT2D eigenvalue weighted by Crippen LogP contribution is -2.17. The van der Waals surface area contributed by atoms with Gasteiger partial charge < -0.3 is 5.32 Å². The highest BCUT2D eigenvalue weighted by atomic mass is 32.2. The van der Waals surface area contributed by atoms with E-state index in [2.05, 4.69) is 28.3 Å². The zero-order valence-electron chi connectivity index (χ0n) is 17.9. The molecule has 33 heavy (non-hydrogen) atoms. The Kier molecular flexibility index (Phi) is 6.19. The first kappa shape index (κ1) is 21.4. The first-order chi connectivity index (χ1) is 16.2. The van der Waals surface area contributed by atoms with E-state index in [1.165, 1.54) is 16.6 Å². The van der Waals surface area contributed by atoms with Crippen LogP contribution in [-0.2, 0) is 11.2 Å². The minimum atomic E-state index is -0.116. The van der Waals surface area contributed by atoms with Crippen LogP contribution in [0.2, 0.25) is 0 Å². The molecule has 8 heteroatoms. The number of benzene rings is 2. The molecule has 0 saturated carbocycles. The first-order valence-corrected chi connectivity index (χ1v) is 12.4. The smallest absolute Gasteiger partial charge is 0.235 e. The maximum absolute atomic E-state index is 12.9. The number of hydrogen-bond acceptors (Lipinski definition) is 6. The zero-order valence-corrected chi connectivity index (χ0v) is 19.6. The van der Waals surface area contributed by atoms with Crippen molar-refractivity contribution in [2.45, 2.75) is 18.4 Å². The molecule has 0 fully saturated rings. The van der Waals surface area contributed by atoms with Crippen LogP contribution >= 0.6 is 23.1 Å². The molecule has 0 atom stereocenters. The highest BCUT2D eigenvalue weighted by Crippen LogP contribution is 2.31. The second-order valence-corrected chi connectivity index (χ2v) is 9.41. The Morgan fingerprint density at radius 3 is 2.55 bits per heavy atom. The van der Waals surface area contributed by atoms with Crippen LogP contribution in [0.5, 0.6) is 0 Å². The normalized spacial score (nSPS) is 11.1. The summed E-state index contributed by atoms with van der Waals surface area (Å²) in [6, 6.07) is 23.7. The molecule has 0 bridgehead atoms. The molecule has 0 aliphatic rings. The van der Waals surface area contributed by atoms with Gasteiger partial charge in [0.1, 0.15) is 22.0 Å². The van der Waals surface area contributed by atoms with Crippen molar-refractivity contribution in [1.82, 2.24) is 19.7 Å². The van der Waals surface area contributed by atoms with Crippen LogP contribution in [0.4, 0.5) is 5.82 Å². The van der Waals surface area contributed by atoms with Crippen LogP contribution in [0.1, 0.15) is 11.8 Å². The molecule has 2 aromatic carbocycles. The van der Waals surface area contributed by atoms with Gasteiger partial charge in [-0.3, -0.25) is 4.79 Å². The Balaban J connectivity index is 1.38. The third-order valence-corrected chi connectivity index (χ3v) is 7.27. The van der Waals surface area contributed by atoms with Crippen molar-refractivity contribution in [2.24, 2.45) is 0 Å². The van der Waals surface area contributed by atoms with E-state index in [1.54, 1.807) is 22.3 Å². The van der Waals surface area contributed by atoms with Gasteiger partial charge in [-0.05, 0) is 24.6 Å². The topological polar surface area (TPSA) is 72.7 Å². The van der Waals surface area contributed by atoms with Crippen molar-refractivity contribution in [3.63, 3.8) is 0 Å². The fraction of sp³-hybridized carbons (Fsp3) is 0.120. The number of carbonyl (C=O) groups is 1. The van der Waals surface area contributed by atoms with Crippen molar-refractivity contribution in [3.8, 4) is 16.9 Å². The third kappa shape index (κ3) is 4.67. The summed E-state index contributed by atoms with van der Waals surface area (Å²) in [5.74, 6) is 0.751. The number of amides is 1. The van der Waals surface area contributed by atoms with Crippen LogP contribution in [0.15, 0.2) is 84.1 Å². The lowest BCUT2D eigenvalue weighted by molar-refractivity contribution is -0.113. The van der Waals surface area contributed by atoms with Gasteiger partial charge in [0.05, 0.1) is 17.1 Å². The van der Waals surface area contributed by atoms with Gasteiger partial charge in [-0.25, -0.2) is 14.6 Å². The average Bonchev–Trinajstić information content (AvgIpc) is 3.48. The largest absolute Gasteiger partial charge is 0.310 e. The van der Waals surface area contributed by atoms with Gasteiger partial charge in [-0.1, -0.05) is 67.2 Å². The number of hydrogen-bond donors (Lipinski definition) is 1. The van der Waals surface area contributed by atoms with Gasteiger partial charge in [0.25, 0.3) is 0 Å². The van der Waals surface area contributed by atoms with Crippen LogP contribution in [-0.4, -0.2) is 31.4 Å². The van der Waals surface area contributed by atoms with Crippen molar-refractivity contribution in [3.05, 3.63) is 84.0 Å². The van der Waals surface area contributed by atoms with Gasteiger partial charge in [0.2, 0.25) is 5.91 Å². The van der Waals surface area contributed by atoms with Crippen molar-refractivity contribution >= 4 is 45.0 Å². The van der Waals surface area contributed by atoms with E-state index < -0.39 is 0 Å². The molecule has 0 radical (unpaired) electrons. The maximum atomic E-state index is 12.9. The number of thiophene rings is 1. The number of nitrogens with zero attached hydrogens (tertiary/aromatic N) is 4. The molecule has 6 nitrogen and oxygen atoms in total. The summed E-state index contributed by atoms with van der Waals surface area (Å²) < 4.78 is 1.76. The summed E-state index contributed by atoms with van der Waals surface area (Å²) >= 11 is 3.09. The number of aryl methyl sites for hydroxylation is 1.